The van der Waals surface area contributed by atoms with Crippen LogP contribution in [0.25, 0.3) is 0 Å². The highest BCUT2D eigenvalue weighted by Gasteiger charge is 2.28. The van der Waals surface area contributed by atoms with E-state index in [-0.39, 0.29) is 53.0 Å². The molecule has 0 aromatic heterocycles. The van der Waals surface area contributed by atoms with E-state index >= 15 is 0 Å². The minimum Gasteiger partial charge on any atom is -0.507 e. The molecule has 0 saturated heterocycles. The van der Waals surface area contributed by atoms with Crippen LogP contribution in [0.15, 0.2) is 24.3 Å². The van der Waals surface area contributed by atoms with Crippen LogP contribution in [-0.2, 0) is 53.6 Å². The molecule has 1 atom stereocenters. The van der Waals surface area contributed by atoms with Gasteiger partial charge in [0.2, 0.25) is 0 Å². The van der Waals surface area contributed by atoms with Gasteiger partial charge >= 0.3 is 11.9 Å². The maximum absolute atomic E-state index is 13.1. The van der Waals surface area contributed by atoms with Gasteiger partial charge in [-0.05, 0) is 80.7 Å². The third kappa shape index (κ3) is 12.5. The van der Waals surface area contributed by atoms with Crippen molar-refractivity contribution in [3.63, 3.8) is 0 Å². The van der Waals surface area contributed by atoms with Gasteiger partial charge in [-0.1, -0.05) is 134 Å². The summed E-state index contributed by atoms with van der Waals surface area (Å²) in [5, 5.41) is 22.1. The number of benzene rings is 2. The number of aryl methyl sites for hydroxylation is 2. The molecule has 0 radical (unpaired) electrons. The fourth-order valence-corrected chi connectivity index (χ4v) is 5.93. The van der Waals surface area contributed by atoms with Gasteiger partial charge in [0, 0.05) is 12.8 Å². The molecule has 6 heteroatoms. The zero-order chi connectivity index (χ0) is 36.7. The quantitative estimate of drug-likeness (QED) is 0.154. The van der Waals surface area contributed by atoms with Gasteiger partial charge in [0.15, 0.2) is 0 Å². The number of hydrogen-bond acceptors (Lipinski definition) is 6. The minimum atomic E-state index is -0.498. The van der Waals surface area contributed by atoms with Crippen LogP contribution in [0.1, 0.15) is 168 Å². The third-order valence-electron chi connectivity index (χ3n) is 8.92. The molecule has 2 aromatic rings. The summed E-state index contributed by atoms with van der Waals surface area (Å²) in [5.74, 6) is -0.00250. The molecule has 0 aliphatic rings. The van der Waals surface area contributed by atoms with Crippen molar-refractivity contribution in [3.8, 4) is 11.5 Å². The van der Waals surface area contributed by atoms with E-state index in [0.29, 0.717) is 30.8 Å². The van der Waals surface area contributed by atoms with Crippen molar-refractivity contribution in [1.29, 1.82) is 0 Å². The van der Waals surface area contributed by atoms with Crippen molar-refractivity contribution in [2.24, 2.45) is 0 Å². The fourth-order valence-electron chi connectivity index (χ4n) is 5.93. The highest BCUT2D eigenvalue weighted by atomic mass is 16.6. The molecule has 48 heavy (non-hydrogen) atoms. The first-order valence-corrected chi connectivity index (χ1v) is 18.0. The van der Waals surface area contributed by atoms with E-state index in [1.807, 2.05) is 24.3 Å². The Labute approximate surface area is 292 Å². The van der Waals surface area contributed by atoms with Gasteiger partial charge in [-0.3, -0.25) is 9.59 Å². The average Bonchev–Trinajstić information content (AvgIpc) is 2.94. The van der Waals surface area contributed by atoms with E-state index in [9.17, 15) is 19.8 Å². The summed E-state index contributed by atoms with van der Waals surface area (Å²) in [6.45, 7) is 27.1. The lowest BCUT2D eigenvalue weighted by atomic mass is 9.78. The van der Waals surface area contributed by atoms with Crippen LogP contribution in [0.5, 0.6) is 11.5 Å². The van der Waals surface area contributed by atoms with Crippen molar-refractivity contribution in [3.05, 3.63) is 57.6 Å². The van der Waals surface area contributed by atoms with E-state index in [1.54, 1.807) is 0 Å². The van der Waals surface area contributed by atoms with Crippen molar-refractivity contribution in [1.82, 2.24) is 0 Å². The first-order chi connectivity index (χ1) is 21.9. The smallest absolute Gasteiger partial charge is 0.306 e. The second-order valence-electron chi connectivity index (χ2n) is 17.7. The number of phenolic OH excluding ortho intramolecular Hbond substituents is 2. The number of carbonyl (C=O) groups excluding carboxylic acids is 2. The molecule has 2 aromatic carbocycles. The first-order valence-electron chi connectivity index (χ1n) is 18.0. The zero-order valence-electron chi connectivity index (χ0n) is 32.5. The van der Waals surface area contributed by atoms with Gasteiger partial charge < -0.3 is 19.7 Å². The van der Waals surface area contributed by atoms with Gasteiger partial charge in [0.05, 0.1) is 0 Å². The molecule has 6 nitrogen and oxygen atoms in total. The predicted octanol–water partition coefficient (Wildman–Crippen LogP) is 10.3. The van der Waals surface area contributed by atoms with Crippen LogP contribution in [-0.4, -0.2) is 34.9 Å². The standard InChI is InChI=1S/C42H66O6/c1-14-15-16-17-18-30(48-36(44)22-20-29-25-33(41(8,9)10)38(46)34(26-29)42(11,12)13)27-47-35(43)21-19-28-23-31(39(2,3)4)37(45)32(24-28)40(5,6)7/h23-26,30,45-46H,14-22,27H2,1-13H3. The molecule has 1 unspecified atom stereocenters. The molecule has 0 aliphatic carbocycles. The SMILES string of the molecule is CCCCCCC(COC(=O)CCc1cc(C(C)(C)C)c(O)c(C(C)(C)C)c1)OC(=O)CCc1cc(C(C)(C)C)c(O)c(C(C)(C)C)c1. The summed E-state index contributed by atoms with van der Waals surface area (Å²) in [6, 6.07) is 8.01. The molecule has 0 amide bonds. The van der Waals surface area contributed by atoms with Gasteiger partial charge in [-0.15, -0.1) is 0 Å². The molecule has 0 aliphatic heterocycles. The maximum atomic E-state index is 13.1. The van der Waals surface area contributed by atoms with Crippen LogP contribution < -0.4 is 0 Å². The highest BCUT2D eigenvalue weighted by Crippen LogP contribution is 2.41. The van der Waals surface area contributed by atoms with Crippen molar-refractivity contribution in [2.45, 2.75) is 176 Å². The lowest BCUT2D eigenvalue weighted by molar-refractivity contribution is -0.159. The molecule has 2 N–H and O–H groups in total. The summed E-state index contributed by atoms with van der Waals surface area (Å²) in [4.78, 5) is 26.1. The first kappa shape index (κ1) is 41.2. The van der Waals surface area contributed by atoms with Crippen molar-refractivity contribution >= 4 is 11.9 Å². The number of aromatic hydroxyl groups is 2. The normalized spacial score (nSPS) is 13.4. The molecule has 0 bridgehead atoms. The Balaban J connectivity index is 2.11. The van der Waals surface area contributed by atoms with Gasteiger partial charge in [-0.2, -0.15) is 0 Å². The number of carbonyl (C=O) groups is 2. The molecule has 270 valence electrons. The van der Waals surface area contributed by atoms with Gasteiger partial charge in [-0.25, -0.2) is 0 Å². The number of phenols is 2. The fraction of sp³-hybridized carbons (Fsp3) is 0.667. The number of unbranched alkanes of at least 4 members (excludes halogenated alkanes) is 3. The Kier molecular flexibility index (Phi) is 14.2. The predicted molar refractivity (Wildman–Crippen MR) is 197 cm³/mol. The topological polar surface area (TPSA) is 93.1 Å². The minimum absolute atomic E-state index is 0.0360. The van der Waals surface area contributed by atoms with E-state index in [4.69, 9.17) is 9.47 Å². The van der Waals surface area contributed by atoms with Gasteiger partial charge in [0.25, 0.3) is 0 Å². The molecule has 0 heterocycles. The summed E-state index contributed by atoms with van der Waals surface area (Å²) in [7, 11) is 0. The Morgan fingerprint density at radius 1 is 0.604 bits per heavy atom. The van der Waals surface area contributed by atoms with Crippen LogP contribution >= 0.6 is 0 Å². The molecule has 0 fully saturated rings. The second-order valence-corrected chi connectivity index (χ2v) is 17.7. The average molecular weight is 667 g/mol. The Bertz CT molecular complexity index is 1300. The van der Waals surface area contributed by atoms with Crippen LogP contribution in [0.2, 0.25) is 0 Å². The van der Waals surface area contributed by atoms with Crippen molar-refractivity contribution < 1.29 is 29.3 Å². The summed E-state index contributed by atoms with van der Waals surface area (Å²) < 4.78 is 11.6. The number of rotatable bonds is 14. The Morgan fingerprint density at radius 2 is 0.979 bits per heavy atom. The molecule has 0 spiro atoms. The largest absolute Gasteiger partial charge is 0.507 e. The second kappa shape index (κ2) is 16.6. The van der Waals surface area contributed by atoms with E-state index in [1.165, 1.54) is 0 Å². The van der Waals surface area contributed by atoms with Crippen LogP contribution in [0, 0.1) is 0 Å². The van der Waals surface area contributed by atoms with E-state index in [0.717, 1.165) is 59.1 Å². The van der Waals surface area contributed by atoms with E-state index in [2.05, 4.69) is 90.0 Å². The molecular weight excluding hydrogens is 600 g/mol. The van der Waals surface area contributed by atoms with Gasteiger partial charge in [0.1, 0.15) is 24.2 Å². The lowest BCUT2D eigenvalue weighted by Crippen LogP contribution is -2.26. The monoisotopic (exact) mass is 666 g/mol. The Hall–Kier alpha value is -3.02. The summed E-state index contributed by atoms with van der Waals surface area (Å²) in [5.41, 5.74) is 4.46. The molecule has 2 rings (SSSR count). The number of ether oxygens (including phenoxy) is 2. The molecular formula is C42H66O6. The Morgan fingerprint density at radius 3 is 1.33 bits per heavy atom. The lowest BCUT2D eigenvalue weighted by Gasteiger charge is -2.28. The summed E-state index contributed by atoms with van der Waals surface area (Å²) >= 11 is 0. The van der Waals surface area contributed by atoms with Crippen LogP contribution in [0.3, 0.4) is 0 Å². The number of hydrogen-bond donors (Lipinski definition) is 2. The maximum Gasteiger partial charge on any atom is 0.306 e. The molecule has 0 saturated carbocycles. The third-order valence-corrected chi connectivity index (χ3v) is 8.92. The van der Waals surface area contributed by atoms with Crippen molar-refractivity contribution in [2.75, 3.05) is 6.61 Å². The highest BCUT2D eigenvalue weighted by molar-refractivity contribution is 5.71. The van der Waals surface area contributed by atoms with Crippen LogP contribution in [0.4, 0.5) is 0 Å². The van der Waals surface area contributed by atoms with E-state index < -0.39 is 6.10 Å². The zero-order valence-corrected chi connectivity index (χ0v) is 32.5. The summed E-state index contributed by atoms with van der Waals surface area (Å²) in [6.07, 6.45) is 5.65. The number of esters is 2.